The Bertz CT molecular complexity index is 1170. The van der Waals surface area contributed by atoms with Crippen molar-refractivity contribution in [1.82, 2.24) is 20.2 Å². The van der Waals surface area contributed by atoms with Gasteiger partial charge in [-0.3, -0.25) is 4.98 Å². The molecule has 0 fully saturated rings. The number of nitrogen functional groups attached to an aromatic ring is 1. The van der Waals surface area contributed by atoms with Gasteiger partial charge in [0, 0.05) is 22.7 Å². The first-order valence-electron chi connectivity index (χ1n) is 8.05. The zero-order valence-electron chi connectivity index (χ0n) is 14.1. The van der Waals surface area contributed by atoms with E-state index >= 15 is 0 Å². The standard InChI is InChI=1S/C19H11F4N5/c20-12-4-1-10(2-5-12)16-17(27-28-18(24)26-16)11-3-6-15-13(9-11)14(7-8-25-15)19(21,22)23/h1-9H,(H2,24,26,28). The molecule has 0 aliphatic heterocycles. The summed E-state index contributed by atoms with van der Waals surface area (Å²) in [5.41, 5.74) is 6.37. The summed E-state index contributed by atoms with van der Waals surface area (Å²) in [6, 6.07) is 10.7. The normalized spacial score (nSPS) is 11.7. The van der Waals surface area contributed by atoms with E-state index in [0.29, 0.717) is 11.1 Å². The minimum absolute atomic E-state index is 0.0730. The number of benzene rings is 2. The number of aromatic nitrogens is 4. The number of pyridine rings is 1. The summed E-state index contributed by atoms with van der Waals surface area (Å²) >= 11 is 0. The summed E-state index contributed by atoms with van der Waals surface area (Å²) in [5, 5.41) is 7.66. The van der Waals surface area contributed by atoms with Crippen LogP contribution in [-0.4, -0.2) is 20.2 Å². The molecule has 4 aromatic rings. The number of alkyl halides is 3. The van der Waals surface area contributed by atoms with Gasteiger partial charge < -0.3 is 5.73 Å². The van der Waals surface area contributed by atoms with E-state index in [1.807, 2.05) is 0 Å². The van der Waals surface area contributed by atoms with Crippen molar-refractivity contribution in [3.05, 3.63) is 66.1 Å². The summed E-state index contributed by atoms with van der Waals surface area (Å²) in [5.74, 6) is -0.548. The second-order valence-corrected chi connectivity index (χ2v) is 5.96. The van der Waals surface area contributed by atoms with Crippen molar-refractivity contribution in [1.29, 1.82) is 0 Å². The fraction of sp³-hybridized carbons (Fsp3) is 0.0526. The van der Waals surface area contributed by atoms with Gasteiger partial charge in [-0.15, -0.1) is 10.2 Å². The van der Waals surface area contributed by atoms with Crippen LogP contribution in [0, 0.1) is 5.82 Å². The van der Waals surface area contributed by atoms with E-state index < -0.39 is 17.6 Å². The third-order valence-electron chi connectivity index (χ3n) is 4.14. The third kappa shape index (κ3) is 3.22. The Kier molecular flexibility index (Phi) is 4.14. The van der Waals surface area contributed by atoms with Gasteiger partial charge in [-0.05, 0) is 42.5 Å². The molecule has 0 aliphatic rings. The van der Waals surface area contributed by atoms with Crippen LogP contribution in [0.3, 0.4) is 0 Å². The number of rotatable bonds is 2. The van der Waals surface area contributed by atoms with E-state index in [-0.39, 0.29) is 28.2 Å². The fourth-order valence-corrected chi connectivity index (χ4v) is 2.88. The first-order valence-corrected chi connectivity index (χ1v) is 8.05. The Hall–Kier alpha value is -3.62. The Morgan fingerprint density at radius 2 is 1.54 bits per heavy atom. The first-order chi connectivity index (χ1) is 13.3. The summed E-state index contributed by atoms with van der Waals surface area (Å²) in [6.07, 6.45) is -3.43. The van der Waals surface area contributed by atoms with Crippen molar-refractivity contribution in [3.63, 3.8) is 0 Å². The summed E-state index contributed by atoms with van der Waals surface area (Å²) < 4.78 is 53.3. The maximum atomic E-state index is 13.4. The van der Waals surface area contributed by atoms with E-state index in [0.717, 1.165) is 12.3 Å². The second kappa shape index (κ2) is 6.52. The van der Waals surface area contributed by atoms with Crippen LogP contribution in [0.1, 0.15) is 5.56 Å². The minimum atomic E-state index is -4.54. The van der Waals surface area contributed by atoms with E-state index in [9.17, 15) is 17.6 Å². The van der Waals surface area contributed by atoms with Crippen molar-refractivity contribution < 1.29 is 17.6 Å². The van der Waals surface area contributed by atoms with Gasteiger partial charge in [0.2, 0.25) is 5.95 Å². The molecule has 0 spiro atoms. The second-order valence-electron chi connectivity index (χ2n) is 5.96. The van der Waals surface area contributed by atoms with Crippen molar-refractivity contribution in [2.45, 2.75) is 6.18 Å². The number of hydrogen-bond acceptors (Lipinski definition) is 5. The maximum absolute atomic E-state index is 13.4. The molecule has 5 nitrogen and oxygen atoms in total. The number of anilines is 1. The first kappa shape index (κ1) is 17.8. The molecule has 2 aromatic heterocycles. The molecule has 9 heteroatoms. The quantitative estimate of drug-likeness (QED) is 0.514. The number of nitrogens with two attached hydrogens (primary N) is 1. The smallest absolute Gasteiger partial charge is 0.366 e. The molecule has 0 aliphatic carbocycles. The Morgan fingerprint density at radius 1 is 0.821 bits per heavy atom. The van der Waals surface area contributed by atoms with Crippen LogP contribution in [-0.2, 0) is 6.18 Å². The lowest BCUT2D eigenvalue weighted by molar-refractivity contribution is -0.136. The highest BCUT2D eigenvalue weighted by atomic mass is 19.4. The molecule has 2 heterocycles. The number of hydrogen-bond donors (Lipinski definition) is 1. The molecule has 140 valence electrons. The van der Waals surface area contributed by atoms with Gasteiger partial charge in [-0.2, -0.15) is 13.2 Å². The Morgan fingerprint density at radius 3 is 2.25 bits per heavy atom. The highest BCUT2D eigenvalue weighted by molar-refractivity contribution is 5.89. The van der Waals surface area contributed by atoms with Crippen LogP contribution in [0.5, 0.6) is 0 Å². The van der Waals surface area contributed by atoms with Gasteiger partial charge in [0.1, 0.15) is 17.2 Å². The molecule has 0 saturated heterocycles. The van der Waals surface area contributed by atoms with Crippen LogP contribution >= 0.6 is 0 Å². The minimum Gasteiger partial charge on any atom is -0.366 e. The maximum Gasteiger partial charge on any atom is 0.417 e. The monoisotopic (exact) mass is 385 g/mol. The predicted octanol–water partition coefficient (Wildman–Crippen LogP) is 4.49. The molecule has 2 aromatic carbocycles. The van der Waals surface area contributed by atoms with Crippen molar-refractivity contribution >= 4 is 16.9 Å². The van der Waals surface area contributed by atoms with Crippen molar-refractivity contribution in [3.8, 4) is 22.5 Å². The average molecular weight is 385 g/mol. The van der Waals surface area contributed by atoms with Gasteiger partial charge in [0.05, 0.1) is 11.1 Å². The SMILES string of the molecule is Nc1nnc(-c2ccc3nccc(C(F)(F)F)c3c2)c(-c2ccc(F)cc2)n1. The molecule has 0 amide bonds. The van der Waals surface area contributed by atoms with Crippen molar-refractivity contribution in [2.24, 2.45) is 0 Å². The predicted molar refractivity (Wildman–Crippen MR) is 95.4 cm³/mol. The molecule has 0 radical (unpaired) electrons. The molecule has 28 heavy (non-hydrogen) atoms. The number of fused-ring (bicyclic) bond motifs is 1. The van der Waals surface area contributed by atoms with Crippen molar-refractivity contribution in [2.75, 3.05) is 5.73 Å². The Labute approximate surface area is 155 Å². The molecule has 0 saturated carbocycles. The summed E-state index contributed by atoms with van der Waals surface area (Å²) in [6.45, 7) is 0. The third-order valence-corrected chi connectivity index (χ3v) is 4.14. The summed E-state index contributed by atoms with van der Waals surface area (Å²) in [4.78, 5) is 8.13. The molecule has 4 rings (SSSR count). The lowest BCUT2D eigenvalue weighted by atomic mass is 10.0. The number of nitrogens with zero attached hydrogens (tertiary/aromatic N) is 4. The highest BCUT2D eigenvalue weighted by Crippen LogP contribution is 2.36. The molecule has 0 atom stereocenters. The Balaban J connectivity index is 1.95. The summed E-state index contributed by atoms with van der Waals surface area (Å²) in [7, 11) is 0. The van der Waals surface area contributed by atoms with Gasteiger partial charge in [-0.1, -0.05) is 6.07 Å². The van der Waals surface area contributed by atoms with Crippen LogP contribution in [0.2, 0.25) is 0 Å². The van der Waals surface area contributed by atoms with Crippen LogP contribution in [0.25, 0.3) is 33.4 Å². The molecular weight excluding hydrogens is 374 g/mol. The molecule has 0 bridgehead atoms. The van der Waals surface area contributed by atoms with Crippen LogP contribution in [0.15, 0.2) is 54.7 Å². The topological polar surface area (TPSA) is 77.6 Å². The lowest BCUT2D eigenvalue weighted by Crippen LogP contribution is -2.06. The number of halogens is 4. The van der Waals surface area contributed by atoms with E-state index in [4.69, 9.17) is 5.73 Å². The van der Waals surface area contributed by atoms with E-state index in [1.54, 1.807) is 6.07 Å². The molecule has 2 N–H and O–H groups in total. The lowest BCUT2D eigenvalue weighted by Gasteiger charge is -2.12. The fourth-order valence-electron chi connectivity index (χ4n) is 2.88. The van der Waals surface area contributed by atoms with Gasteiger partial charge in [0.15, 0.2) is 0 Å². The van der Waals surface area contributed by atoms with Crippen LogP contribution < -0.4 is 5.73 Å². The zero-order valence-corrected chi connectivity index (χ0v) is 14.1. The largest absolute Gasteiger partial charge is 0.417 e. The van der Waals surface area contributed by atoms with Crippen LogP contribution in [0.4, 0.5) is 23.5 Å². The zero-order chi connectivity index (χ0) is 19.9. The molecule has 0 unspecified atom stereocenters. The van der Waals surface area contributed by atoms with Gasteiger partial charge in [-0.25, -0.2) is 9.37 Å². The van der Waals surface area contributed by atoms with Gasteiger partial charge in [0.25, 0.3) is 0 Å². The molecular formula is C19H11F4N5. The highest BCUT2D eigenvalue weighted by Gasteiger charge is 2.32. The average Bonchev–Trinajstić information content (AvgIpc) is 2.67. The van der Waals surface area contributed by atoms with E-state index in [1.165, 1.54) is 36.4 Å². The van der Waals surface area contributed by atoms with Gasteiger partial charge >= 0.3 is 6.18 Å². The van der Waals surface area contributed by atoms with E-state index in [2.05, 4.69) is 20.2 Å².